The number of pyridine rings is 1. The summed E-state index contributed by atoms with van der Waals surface area (Å²) < 4.78 is 10.3. The van der Waals surface area contributed by atoms with Crippen molar-refractivity contribution in [3.05, 3.63) is 52.7 Å². The van der Waals surface area contributed by atoms with Gasteiger partial charge in [0.25, 0.3) is 5.91 Å². The predicted molar refractivity (Wildman–Crippen MR) is 90.5 cm³/mol. The molecule has 0 spiro atoms. The van der Waals surface area contributed by atoms with Crippen molar-refractivity contribution < 1.29 is 19.1 Å². The number of halogens is 1. The molecule has 0 bridgehead atoms. The highest BCUT2D eigenvalue weighted by Crippen LogP contribution is 2.19. The number of ether oxygens (including phenoxy) is 2. The van der Waals surface area contributed by atoms with Crippen LogP contribution in [0.15, 0.2) is 36.5 Å². The van der Waals surface area contributed by atoms with Gasteiger partial charge in [0.05, 0.1) is 6.61 Å². The van der Waals surface area contributed by atoms with E-state index in [1.54, 1.807) is 31.2 Å². The number of aromatic nitrogens is 1. The first-order chi connectivity index (χ1) is 11.5. The Hall–Kier alpha value is -2.60. The van der Waals surface area contributed by atoms with Crippen molar-refractivity contribution in [1.29, 1.82) is 0 Å². The zero-order valence-electron chi connectivity index (χ0n) is 13.3. The second kappa shape index (κ2) is 8.31. The summed E-state index contributed by atoms with van der Waals surface area (Å²) in [5, 5.41) is 3.24. The maximum Gasteiger partial charge on any atom is 0.344 e. The van der Waals surface area contributed by atoms with Gasteiger partial charge in [-0.3, -0.25) is 4.79 Å². The second-order valence-corrected chi connectivity index (χ2v) is 5.31. The van der Waals surface area contributed by atoms with Crippen LogP contribution in [0.25, 0.3) is 0 Å². The van der Waals surface area contributed by atoms with Crippen LogP contribution in [0.4, 0.5) is 5.69 Å². The van der Waals surface area contributed by atoms with Gasteiger partial charge in [-0.1, -0.05) is 11.6 Å². The lowest BCUT2D eigenvalue weighted by atomic mass is 10.2. The van der Waals surface area contributed by atoms with E-state index in [2.05, 4.69) is 10.3 Å². The first kappa shape index (κ1) is 17.7. The van der Waals surface area contributed by atoms with E-state index < -0.39 is 18.5 Å². The Morgan fingerprint density at radius 2 is 2.08 bits per heavy atom. The molecular weight excluding hydrogens is 332 g/mol. The molecule has 0 atom stereocenters. The number of benzene rings is 1. The van der Waals surface area contributed by atoms with Crippen LogP contribution >= 0.6 is 11.6 Å². The molecule has 0 unspecified atom stereocenters. The highest BCUT2D eigenvalue weighted by atomic mass is 35.5. The second-order valence-electron chi connectivity index (χ2n) is 4.87. The summed E-state index contributed by atoms with van der Waals surface area (Å²) in [7, 11) is 0. The maximum absolute atomic E-state index is 12.1. The lowest BCUT2D eigenvalue weighted by molar-refractivity contribution is -0.119. The van der Waals surface area contributed by atoms with Crippen molar-refractivity contribution >= 4 is 29.2 Å². The fourth-order valence-corrected chi connectivity index (χ4v) is 2.19. The Balaban J connectivity index is 1.95. The van der Waals surface area contributed by atoms with Gasteiger partial charge in [0.1, 0.15) is 5.56 Å². The number of hydrogen-bond donors (Lipinski definition) is 1. The van der Waals surface area contributed by atoms with Crippen LogP contribution in [-0.4, -0.2) is 30.1 Å². The Morgan fingerprint density at radius 1 is 1.29 bits per heavy atom. The number of nitrogens with zero attached hydrogens (tertiary/aromatic N) is 1. The third kappa shape index (κ3) is 4.70. The molecule has 126 valence electrons. The average Bonchev–Trinajstić information content (AvgIpc) is 2.56. The molecule has 1 aromatic heterocycles. The zero-order valence-corrected chi connectivity index (χ0v) is 14.1. The number of aryl methyl sites for hydroxylation is 1. The fraction of sp³-hybridized carbons (Fsp3) is 0.235. The lowest BCUT2D eigenvalue weighted by Crippen LogP contribution is -2.21. The van der Waals surface area contributed by atoms with Gasteiger partial charge < -0.3 is 14.8 Å². The zero-order chi connectivity index (χ0) is 17.5. The minimum Gasteiger partial charge on any atom is -0.477 e. The van der Waals surface area contributed by atoms with E-state index in [0.29, 0.717) is 17.3 Å². The molecular formula is C17H17ClN2O4. The summed E-state index contributed by atoms with van der Waals surface area (Å²) in [5.41, 5.74) is 1.60. The van der Waals surface area contributed by atoms with Crippen LogP contribution in [0.3, 0.4) is 0 Å². The van der Waals surface area contributed by atoms with Gasteiger partial charge in [-0.05, 0) is 49.7 Å². The highest BCUT2D eigenvalue weighted by molar-refractivity contribution is 6.30. The number of hydrogen-bond acceptors (Lipinski definition) is 5. The van der Waals surface area contributed by atoms with Crippen LogP contribution < -0.4 is 10.1 Å². The van der Waals surface area contributed by atoms with Crippen molar-refractivity contribution in [2.24, 2.45) is 0 Å². The summed E-state index contributed by atoms with van der Waals surface area (Å²) in [4.78, 5) is 28.0. The molecule has 0 aliphatic carbocycles. The summed E-state index contributed by atoms with van der Waals surface area (Å²) in [5.74, 6) is -0.941. The monoisotopic (exact) mass is 348 g/mol. The molecule has 0 fully saturated rings. The number of anilines is 1. The summed E-state index contributed by atoms with van der Waals surface area (Å²) in [6.07, 6.45) is 1.51. The quantitative estimate of drug-likeness (QED) is 0.811. The number of rotatable bonds is 6. The molecule has 1 heterocycles. The van der Waals surface area contributed by atoms with Crippen molar-refractivity contribution in [3.8, 4) is 5.88 Å². The smallest absolute Gasteiger partial charge is 0.344 e. The van der Waals surface area contributed by atoms with Crippen LogP contribution in [0.5, 0.6) is 5.88 Å². The third-order valence-corrected chi connectivity index (χ3v) is 3.30. The topological polar surface area (TPSA) is 77.5 Å². The predicted octanol–water partition coefficient (Wildman–Crippen LogP) is 3.24. The molecule has 0 saturated heterocycles. The van der Waals surface area contributed by atoms with Gasteiger partial charge in [0, 0.05) is 16.9 Å². The van der Waals surface area contributed by atoms with E-state index in [1.807, 2.05) is 6.92 Å². The molecule has 1 N–H and O–H groups in total. The fourth-order valence-electron chi connectivity index (χ4n) is 1.96. The van der Waals surface area contributed by atoms with E-state index in [-0.39, 0.29) is 11.4 Å². The molecule has 0 radical (unpaired) electrons. The molecule has 1 aromatic carbocycles. The maximum atomic E-state index is 12.1. The van der Waals surface area contributed by atoms with Crippen LogP contribution in [0, 0.1) is 6.92 Å². The largest absolute Gasteiger partial charge is 0.477 e. The Labute approximate surface area is 144 Å². The Bertz CT molecular complexity index is 749. The van der Waals surface area contributed by atoms with E-state index in [1.165, 1.54) is 12.3 Å². The standard InChI is InChI=1S/C17H17ClN2O4/c1-3-23-16-13(5-4-8-19-16)17(22)24-10-15(21)20-14-7-6-12(18)9-11(14)2/h4-9H,3,10H2,1-2H3,(H,20,21). The first-order valence-corrected chi connectivity index (χ1v) is 7.70. The van der Waals surface area contributed by atoms with E-state index in [9.17, 15) is 9.59 Å². The normalized spacial score (nSPS) is 10.1. The van der Waals surface area contributed by atoms with Crippen LogP contribution in [0.1, 0.15) is 22.8 Å². The Kier molecular flexibility index (Phi) is 6.14. The molecule has 0 aliphatic rings. The number of amides is 1. The summed E-state index contributed by atoms with van der Waals surface area (Å²) >= 11 is 5.86. The van der Waals surface area contributed by atoms with Gasteiger partial charge in [0.2, 0.25) is 5.88 Å². The first-order valence-electron chi connectivity index (χ1n) is 7.32. The van der Waals surface area contributed by atoms with Crippen molar-refractivity contribution in [2.45, 2.75) is 13.8 Å². The average molecular weight is 349 g/mol. The third-order valence-electron chi connectivity index (χ3n) is 3.07. The number of carbonyl (C=O) groups excluding carboxylic acids is 2. The molecule has 24 heavy (non-hydrogen) atoms. The molecule has 1 amide bonds. The summed E-state index contributed by atoms with van der Waals surface area (Å²) in [6.45, 7) is 3.55. The lowest BCUT2D eigenvalue weighted by Gasteiger charge is -2.10. The number of carbonyl (C=O) groups is 2. The van der Waals surface area contributed by atoms with E-state index in [0.717, 1.165) is 5.56 Å². The van der Waals surface area contributed by atoms with Gasteiger partial charge in [-0.25, -0.2) is 9.78 Å². The molecule has 2 rings (SSSR count). The minimum absolute atomic E-state index is 0.176. The van der Waals surface area contributed by atoms with Gasteiger partial charge >= 0.3 is 5.97 Å². The van der Waals surface area contributed by atoms with E-state index in [4.69, 9.17) is 21.1 Å². The van der Waals surface area contributed by atoms with Gasteiger partial charge in [-0.15, -0.1) is 0 Å². The molecule has 2 aromatic rings. The number of esters is 1. The molecule has 6 nitrogen and oxygen atoms in total. The van der Waals surface area contributed by atoms with Gasteiger partial charge in [-0.2, -0.15) is 0 Å². The molecule has 7 heteroatoms. The SMILES string of the molecule is CCOc1ncccc1C(=O)OCC(=O)Nc1ccc(Cl)cc1C. The van der Waals surface area contributed by atoms with Crippen LogP contribution in [-0.2, 0) is 9.53 Å². The molecule has 0 saturated carbocycles. The molecule has 0 aliphatic heterocycles. The van der Waals surface area contributed by atoms with E-state index >= 15 is 0 Å². The number of nitrogens with one attached hydrogen (secondary N) is 1. The van der Waals surface area contributed by atoms with Crippen molar-refractivity contribution in [3.63, 3.8) is 0 Å². The highest BCUT2D eigenvalue weighted by Gasteiger charge is 2.16. The van der Waals surface area contributed by atoms with Crippen molar-refractivity contribution in [2.75, 3.05) is 18.5 Å². The van der Waals surface area contributed by atoms with Crippen molar-refractivity contribution in [1.82, 2.24) is 4.98 Å². The van der Waals surface area contributed by atoms with Gasteiger partial charge in [0.15, 0.2) is 6.61 Å². The minimum atomic E-state index is -0.672. The summed E-state index contributed by atoms with van der Waals surface area (Å²) in [6, 6.07) is 8.21. The van der Waals surface area contributed by atoms with Crippen LogP contribution in [0.2, 0.25) is 5.02 Å². The Morgan fingerprint density at radius 3 is 2.79 bits per heavy atom.